The molecule has 0 radical (unpaired) electrons. The lowest BCUT2D eigenvalue weighted by molar-refractivity contribution is -0.136. The van der Waals surface area contributed by atoms with E-state index in [0.717, 1.165) is 24.3 Å². The van der Waals surface area contributed by atoms with Crippen molar-refractivity contribution in [3.8, 4) is 5.75 Å². The molecule has 0 spiro atoms. The highest BCUT2D eigenvalue weighted by Crippen LogP contribution is 2.26. The van der Waals surface area contributed by atoms with Crippen molar-refractivity contribution in [1.29, 1.82) is 0 Å². The Hall–Kier alpha value is -3.13. The Morgan fingerprint density at radius 3 is 2.37 bits per heavy atom. The van der Waals surface area contributed by atoms with Crippen molar-refractivity contribution in [3.63, 3.8) is 0 Å². The fourth-order valence-corrected chi connectivity index (χ4v) is 3.82. The van der Waals surface area contributed by atoms with E-state index in [4.69, 9.17) is 8.60 Å². The lowest BCUT2D eigenvalue weighted by Gasteiger charge is -2.24. The predicted molar refractivity (Wildman–Crippen MR) is 108 cm³/mol. The molecule has 1 amide bonds. The van der Waals surface area contributed by atoms with Crippen molar-refractivity contribution in [1.82, 2.24) is 4.90 Å². The summed E-state index contributed by atoms with van der Waals surface area (Å²) in [5, 5.41) is 0. The topological polar surface area (TPSA) is 76.8 Å². The largest absolute Gasteiger partial charge is 0.467 e. The van der Waals surface area contributed by atoms with Crippen LogP contribution < -0.4 is 4.18 Å². The molecule has 3 aromatic rings. The van der Waals surface area contributed by atoms with Crippen LogP contribution in [0.2, 0.25) is 0 Å². The highest BCUT2D eigenvalue weighted by Gasteiger charge is 2.23. The summed E-state index contributed by atoms with van der Waals surface area (Å²) in [7, 11) is -4.16. The van der Waals surface area contributed by atoms with Crippen LogP contribution in [0.1, 0.15) is 25.2 Å². The number of halogens is 1. The molecule has 0 fully saturated rings. The minimum Gasteiger partial charge on any atom is -0.467 e. The second-order valence-corrected chi connectivity index (χ2v) is 8.57. The maximum Gasteiger partial charge on any atom is 0.339 e. The summed E-state index contributed by atoms with van der Waals surface area (Å²) in [5.41, 5.74) is 0.517. The van der Waals surface area contributed by atoms with Gasteiger partial charge in [-0.25, -0.2) is 4.39 Å². The van der Waals surface area contributed by atoms with E-state index in [1.807, 2.05) is 0 Å². The number of rotatable bonds is 8. The number of carbonyl (C=O) groups is 1. The van der Waals surface area contributed by atoms with Crippen LogP contribution in [0.25, 0.3) is 0 Å². The van der Waals surface area contributed by atoms with Gasteiger partial charge in [0.25, 0.3) is 0 Å². The van der Waals surface area contributed by atoms with Gasteiger partial charge in [-0.05, 0) is 42.5 Å². The fraction of sp³-hybridized carbons (Fsp3) is 0.227. The SMILES string of the molecule is CC(C)C(=O)N(Cc1ccco1)Cc1ccccc1OS(=O)(=O)c1ccc(F)cc1. The summed E-state index contributed by atoms with van der Waals surface area (Å²) in [5.74, 6) is -0.196. The molecular weight excluding hydrogens is 409 g/mol. The van der Waals surface area contributed by atoms with Crippen molar-refractivity contribution >= 4 is 16.0 Å². The maximum absolute atomic E-state index is 13.1. The van der Waals surface area contributed by atoms with Crippen LogP contribution in [0.5, 0.6) is 5.75 Å². The van der Waals surface area contributed by atoms with Gasteiger partial charge in [-0.2, -0.15) is 8.42 Å². The molecule has 0 aliphatic rings. The number of hydrogen-bond donors (Lipinski definition) is 0. The van der Waals surface area contributed by atoms with Gasteiger partial charge in [0.1, 0.15) is 22.2 Å². The summed E-state index contributed by atoms with van der Waals surface area (Å²) in [6.07, 6.45) is 1.53. The summed E-state index contributed by atoms with van der Waals surface area (Å²) in [4.78, 5) is 14.1. The molecule has 0 atom stereocenters. The van der Waals surface area contributed by atoms with Crippen LogP contribution in [0.3, 0.4) is 0 Å². The minimum atomic E-state index is -4.16. The highest BCUT2D eigenvalue weighted by atomic mass is 32.2. The lowest BCUT2D eigenvalue weighted by Crippen LogP contribution is -2.33. The van der Waals surface area contributed by atoms with Crippen LogP contribution in [0, 0.1) is 11.7 Å². The molecule has 0 unspecified atom stereocenters. The van der Waals surface area contributed by atoms with Crippen molar-refractivity contribution in [2.24, 2.45) is 5.92 Å². The normalized spacial score (nSPS) is 11.5. The first kappa shape index (κ1) is 21.6. The van der Waals surface area contributed by atoms with E-state index in [1.54, 1.807) is 49.1 Å². The van der Waals surface area contributed by atoms with Crippen LogP contribution in [-0.2, 0) is 28.0 Å². The third kappa shape index (κ3) is 5.27. The number of benzene rings is 2. The molecule has 0 aliphatic heterocycles. The van der Waals surface area contributed by atoms with Crippen molar-refractivity contribution in [2.75, 3.05) is 0 Å². The van der Waals surface area contributed by atoms with E-state index in [2.05, 4.69) is 0 Å². The van der Waals surface area contributed by atoms with Crippen molar-refractivity contribution < 1.29 is 26.2 Å². The summed E-state index contributed by atoms with van der Waals surface area (Å²) >= 11 is 0. The van der Waals surface area contributed by atoms with Gasteiger partial charge in [0.15, 0.2) is 0 Å². The van der Waals surface area contributed by atoms with Gasteiger partial charge in [0.05, 0.1) is 12.8 Å². The van der Waals surface area contributed by atoms with E-state index in [-0.39, 0.29) is 35.6 Å². The molecule has 0 saturated carbocycles. The standard InChI is InChI=1S/C22H22FNO5S/c1-16(2)22(25)24(15-19-7-5-13-28-19)14-17-6-3-4-8-21(17)29-30(26,27)20-11-9-18(23)10-12-20/h3-13,16H,14-15H2,1-2H3. The quantitative estimate of drug-likeness (QED) is 0.495. The van der Waals surface area contributed by atoms with E-state index < -0.39 is 15.9 Å². The first-order valence-electron chi connectivity index (χ1n) is 9.35. The molecule has 1 aromatic heterocycles. The molecule has 3 rings (SSSR count). The average Bonchev–Trinajstić information content (AvgIpc) is 3.21. The average molecular weight is 431 g/mol. The van der Waals surface area contributed by atoms with E-state index in [0.29, 0.717) is 11.3 Å². The Morgan fingerprint density at radius 2 is 1.73 bits per heavy atom. The Morgan fingerprint density at radius 1 is 1.03 bits per heavy atom. The Bertz CT molecular complexity index is 1090. The second-order valence-electron chi connectivity index (χ2n) is 7.03. The van der Waals surface area contributed by atoms with Crippen LogP contribution in [-0.4, -0.2) is 19.2 Å². The summed E-state index contributed by atoms with van der Waals surface area (Å²) < 4.78 is 49.0. The zero-order chi connectivity index (χ0) is 21.7. The van der Waals surface area contributed by atoms with E-state index >= 15 is 0 Å². The third-order valence-corrected chi connectivity index (χ3v) is 5.62. The zero-order valence-corrected chi connectivity index (χ0v) is 17.4. The number of nitrogens with zero attached hydrogens (tertiary/aromatic N) is 1. The lowest BCUT2D eigenvalue weighted by atomic mass is 10.1. The van der Waals surface area contributed by atoms with Gasteiger partial charge in [-0.3, -0.25) is 4.79 Å². The van der Waals surface area contributed by atoms with Crippen LogP contribution >= 0.6 is 0 Å². The smallest absolute Gasteiger partial charge is 0.339 e. The molecule has 0 saturated heterocycles. The molecule has 6 nitrogen and oxygen atoms in total. The fourth-order valence-electron chi connectivity index (χ4n) is 2.86. The Labute approximate surface area is 175 Å². The first-order chi connectivity index (χ1) is 14.3. The molecule has 158 valence electrons. The first-order valence-corrected chi connectivity index (χ1v) is 10.8. The molecule has 1 heterocycles. The molecule has 30 heavy (non-hydrogen) atoms. The third-order valence-electron chi connectivity index (χ3n) is 4.37. The van der Waals surface area contributed by atoms with E-state index in [1.165, 1.54) is 12.3 Å². The van der Waals surface area contributed by atoms with Gasteiger partial charge < -0.3 is 13.5 Å². The zero-order valence-electron chi connectivity index (χ0n) is 16.6. The van der Waals surface area contributed by atoms with Crippen molar-refractivity contribution in [3.05, 3.63) is 84.1 Å². The van der Waals surface area contributed by atoms with Gasteiger partial charge in [-0.1, -0.05) is 32.0 Å². The van der Waals surface area contributed by atoms with Gasteiger partial charge in [0.2, 0.25) is 5.91 Å². The molecule has 0 bridgehead atoms. The predicted octanol–water partition coefficient (Wildman–Crippen LogP) is 4.37. The summed E-state index contributed by atoms with van der Waals surface area (Å²) in [6, 6.07) is 14.5. The monoisotopic (exact) mass is 431 g/mol. The van der Waals surface area contributed by atoms with Gasteiger partial charge in [0, 0.05) is 18.0 Å². The van der Waals surface area contributed by atoms with Crippen molar-refractivity contribution in [2.45, 2.75) is 31.8 Å². The number of furan rings is 1. The summed E-state index contributed by atoms with van der Waals surface area (Å²) in [6.45, 7) is 3.95. The molecule has 8 heteroatoms. The highest BCUT2D eigenvalue weighted by molar-refractivity contribution is 7.87. The Kier molecular flexibility index (Phi) is 6.56. The molecular formula is C22H22FNO5S. The van der Waals surface area contributed by atoms with Crippen LogP contribution in [0.15, 0.2) is 76.2 Å². The minimum absolute atomic E-state index is 0.0998. The maximum atomic E-state index is 13.1. The number of carbonyl (C=O) groups excluding carboxylic acids is 1. The second kappa shape index (κ2) is 9.13. The number of para-hydroxylation sites is 1. The van der Waals surface area contributed by atoms with Gasteiger partial charge >= 0.3 is 10.1 Å². The van der Waals surface area contributed by atoms with Gasteiger partial charge in [-0.15, -0.1) is 0 Å². The molecule has 0 aliphatic carbocycles. The molecule has 2 aromatic carbocycles. The van der Waals surface area contributed by atoms with Crippen LogP contribution in [0.4, 0.5) is 4.39 Å². The van der Waals surface area contributed by atoms with E-state index in [9.17, 15) is 17.6 Å². The molecule has 0 N–H and O–H groups in total. The number of amides is 1. The number of hydrogen-bond acceptors (Lipinski definition) is 5. The Balaban J connectivity index is 1.87.